The number of aldehydes is 1. The topological polar surface area (TPSA) is 30.2 Å². The van der Waals surface area contributed by atoms with E-state index in [1.165, 1.54) is 19.1 Å². The molecule has 0 bridgehead atoms. The monoisotopic (exact) mass is 204 g/mol. The van der Waals surface area contributed by atoms with Gasteiger partial charge in [0.2, 0.25) is 0 Å². The number of allylic oxidation sites excluding steroid dienone is 2. The first-order chi connectivity index (χ1) is 6.45. The average molecular weight is 204 g/mol. The molecule has 0 saturated heterocycles. The van der Waals surface area contributed by atoms with Crippen LogP contribution in [0.25, 0.3) is 5.57 Å². The normalized spacial score (nSPS) is 13.0. The van der Waals surface area contributed by atoms with Gasteiger partial charge in [-0.25, -0.2) is 0 Å². The van der Waals surface area contributed by atoms with Crippen molar-refractivity contribution in [2.24, 2.45) is 0 Å². The van der Waals surface area contributed by atoms with Gasteiger partial charge < -0.3 is 4.42 Å². The summed E-state index contributed by atoms with van der Waals surface area (Å²) < 4.78 is 41.7. The Balaban J connectivity index is 3.14. The van der Waals surface area contributed by atoms with Crippen LogP contribution < -0.4 is 0 Å². The van der Waals surface area contributed by atoms with Gasteiger partial charge in [0.05, 0.1) is 0 Å². The van der Waals surface area contributed by atoms with E-state index in [2.05, 4.69) is 0 Å². The van der Waals surface area contributed by atoms with Gasteiger partial charge in [-0.3, -0.25) is 4.79 Å². The van der Waals surface area contributed by atoms with Crippen molar-refractivity contribution >= 4 is 11.9 Å². The lowest BCUT2D eigenvalue weighted by molar-refractivity contribution is -0.104. The number of alkyl halides is 3. The first-order valence-corrected chi connectivity index (χ1v) is 3.74. The molecule has 0 fully saturated rings. The highest BCUT2D eigenvalue weighted by atomic mass is 19.4. The van der Waals surface area contributed by atoms with Crippen LogP contribution in [0.5, 0.6) is 0 Å². The molecule has 1 aromatic heterocycles. The maximum absolute atomic E-state index is 12.3. The van der Waals surface area contributed by atoms with Gasteiger partial charge in [-0.15, -0.1) is 0 Å². The van der Waals surface area contributed by atoms with Crippen molar-refractivity contribution in [1.29, 1.82) is 0 Å². The van der Waals surface area contributed by atoms with Crippen molar-refractivity contribution in [3.05, 3.63) is 29.7 Å². The highest BCUT2D eigenvalue weighted by Crippen LogP contribution is 2.34. The fourth-order valence-electron chi connectivity index (χ4n) is 0.964. The highest BCUT2D eigenvalue weighted by Gasteiger charge is 2.36. The molecule has 1 heterocycles. The predicted octanol–water partition coefficient (Wildman–Crippen LogP) is 2.73. The van der Waals surface area contributed by atoms with Gasteiger partial charge in [-0.2, -0.15) is 13.2 Å². The Morgan fingerprint density at radius 1 is 1.43 bits per heavy atom. The fraction of sp³-hybridized carbons (Fsp3) is 0.222. The number of furan rings is 1. The number of halogens is 3. The van der Waals surface area contributed by atoms with Crippen molar-refractivity contribution in [2.75, 3.05) is 0 Å². The second-order valence-corrected chi connectivity index (χ2v) is 2.62. The lowest BCUT2D eigenvalue weighted by Crippen LogP contribution is -2.10. The van der Waals surface area contributed by atoms with Crippen molar-refractivity contribution < 1.29 is 22.4 Å². The molecule has 0 aliphatic heterocycles. The smallest absolute Gasteiger partial charge is 0.420 e. The minimum absolute atomic E-state index is 0.0840. The Kier molecular flexibility index (Phi) is 2.78. The Hall–Kier alpha value is -1.52. The molecular formula is C9H7F3O2. The van der Waals surface area contributed by atoms with Gasteiger partial charge in [0.1, 0.15) is 23.4 Å². The SMILES string of the molecule is Cc1ccc(/C(=C\C=O)C(F)(F)F)o1. The van der Waals surface area contributed by atoms with Crippen LogP contribution in [0.15, 0.2) is 22.6 Å². The van der Waals surface area contributed by atoms with Crippen LogP contribution in [0.3, 0.4) is 0 Å². The van der Waals surface area contributed by atoms with E-state index >= 15 is 0 Å². The summed E-state index contributed by atoms with van der Waals surface area (Å²) in [5, 5.41) is 0. The summed E-state index contributed by atoms with van der Waals surface area (Å²) in [6.45, 7) is 1.53. The predicted molar refractivity (Wildman–Crippen MR) is 43.5 cm³/mol. The van der Waals surface area contributed by atoms with Gasteiger partial charge in [0, 0.05) is 0 Å². The molecule has 1 rings (SSSR count). The molecule has 2 nitrogen and oxygen atoms in total. The molecule has 0 unspecified atom stereocenters. The lowest BCUT2D eigenvalue weighted by Gasteiger charge is -2.07. The van der Waals surface area contributed by atoms with Crippen LogP contribution in [0.1, 0.15) is 11.5 Å². The Morgan fingerprint density at radius 2 is 2.07 bits per heavy atom. The zero-order chi connectivity index (χ0) is 10.8. The van der Waals surface area contributed by atoms with E-state index < -0.39 is 11.7 Å². The molecule has 0 spiro atoms. The Bertz CT molecular complexity index is 360. The molecule has 0 radical (unpaired) electrons. The number of carbonyl (C=O) groups is 1. The summed E-state index contributed by atoms with van der Waals surface area (Å²) in [4.78, 5) is 10.0. The van der Waals surface area contributed by atoms with Crippen molar-refractivity contribution in [3.8, 4) is 0 Å². The molecule has 0 aliphatic rings. The summed E-state index contributed by atoms with van der Waals surface area (Å²) in [6, 6.07) is 2.58. The standard InChI is InChI=1S/C9H7F3O2/c1-6-2-3-8(14-6)7(4-5-13)9(10,11)12/h2-5H,1H3/b7-4+. The molecule has 14 heavy (non-hydrogen) atoms. The molecule has 76 valence electrons. The van der Waals surface area contributed by atoms with Gasteiger partial charge in [-0.1, -0.05) is 0 Å². The lowest BCUT2D eigenvalue weighted by atomic mass is 10.2. The van der Waals surface area contributed by atoms with E-state index in [0.717, 1.165) is 0 Å². The summed E-state index contributed by atoms with van der Waals surface area (Å²) in [6.07, 6.45) is -4.05. The zero-order valence-electron chi connectivity index (χ0n) is 7.26. The highest BCUT2D eigenvalue weighted by molar-refractivity contribution is 5.82. The third-order valence-electron chi connectivity index (χ3n) is 1.55. The second-order valence-electron chi connectivity index (χ2n) is 2.62. The summed E-state index contributed by atoms with van der Waals surface area (Å²) in [5.74, 6) is 0.0168. The molecule has 0 aliphatic carbocycles. The minimum atomic E-state index is -4.58. The minimum Gasteiger partial charge on any atom is -0.461 e. The largest absolute Gasteiger partial charge is 0.461 e. The van der Waals surface area contributed by atoms with Crippen molar-refractivity contribution in [1.82, 2.24) is 0 Å². The van der Waals surface area contributed by atoms with Gasteiger partial charge >= 0.3 is 6.18 Å². The van der Waals surface area contributed by atoms with Crippen LogP contribution in [-0.4, -0.2) is 12.5 Å². The molecule has 0 aromatic carbocycles. The molecule has 0 atom stereocenters. The first kappa shape index (κ1) is 10.6. The summed E-state index contributed by atoms with van der Waals surface area (Å²) in [5.41, 5.74) is -1.07. The number of carbonyl (C=O) groups excluding carboxylic acids is 1. The fourth-order valence-corrected chi connectivity index (χ4v) is 0.964. The molecule has 1 aromatic rings. The molecule has 5 heteroatoms. The maximum Gasteiger partial charge on any atom is 0.420 e. The van der Waals surface area contributed by atoms with Gasteiger partial charge in [0.15, 0.2) is 0 Å². The van der Waals surface area contributed by atoms with E-state index in [9.17, 15) is 18.0 Å². The van der Waals surface area contributed by atoms with E-state index in [-0.39, 0.29) is 12.0 Å². The maximum atomic E-state index is 12.3. The van der Waals surface area contributed by atoms with E-state index in [0.29, 0.717) is 11.8 Å². The average Bonchev–Trinajstić information content (AvgIpc) is 2.45. The third kappa shape index (κ3) is 2.25. The van der Waals surface area contributed by atoms with Gasteiger partial charge in [0.25, 0.3) is 0 Å². The number of aryl methyl sites for hydroxylation is 1. The van der Waals surface area contributed by atoms with Crippen LogP contribution in [-0.2, 0) is 4.79 Å². The second kappa shape index (κ2) is 3.69. The van der Waals surface area contributed by atoms with E-state index in [4.69, 9.17) is 4.42 Å². The van der Waals surface area contributed by atoms with Crippen molar-refractivity contribution in [3.63, 3.8) is 0 Å². The Morgan fingerprint density at radius 3 is 2.43 bits per heavy atom. The Labute approximate surface area is 78.0 Å². The zero-order valence-corrected chi connectivity index (χ0v) is 7.26. The van der Waals surface area contributed by atoms with Crippen LogP contribution >= 0.6 is 0 Å². The third-order valence-corrected chi connectivity index (χ3v) is 1.55. The molecule has 0 saturated carbocycles. The van der Waals surface area contributed by atoms with E-state index in [1.807, 2.05) is 0 Å². The first-order valence-electron chi connectivity index (χ1n) is 3.74. The quantitative estimate of drug-likeness (QED) is 0.547. The number of rotatable bonds is 2. The summed E-state index contributed by atoms with van der Waals surface area (Å²) in [7, 11) is 0. The molecule has 0 amide bonds. The summed E-state index contributed by atoms with van der Waals surface area (Å²) >= 11 is 0. The van der Waals surface area contributed by atoms with E-state index in [1.54, 1.807) is 0 Å². The number of hydrogen-bond donors (Lipinski definition) is 0. The van der Waals surface area contributed by atoms with Crippen molar-refractivity contribution in [2.45, 2.75) is 13.1 Å². The van der Waals surface area contributed by atoms with Crippen LogP contribution in [0, 0.1) is 6.92 Å². The molecular weight excluding hydrogens is 197 g/mol. The molecule has 0 N–H and O–H groups in total. The van der Waals surface area contributed by atoms with Crippen LogP contribution in [0.4, 0.5) is 13.2 Å². The van der Waals surface area contributed by atoms with Crippen LogP contribution in [0.2, 0.25) is 0 Å². The number of hydrogen-bond acceptors (Lipinski definition) is 2. The van der Waals surface area contributed by atoms with Gasteiger partial charge in [-0.05, 0) is 25.1 Å².